The smallest absolute Gasteiger partial charge is 0.116 e. The van der Waals surface area contributed by atoms with Crippen molar-refractivity contribution in [1.29, 1.82) is 0 Å². The molecule has 0 atom stereocenters. The summed E-state index contributed by atoms with van der Waals surface area (Å²) in [4.78, 5) is 16.9. The molecule has 5 aromatic rings. The molecule has 0 aliphatic carbocycles. The van der Waals surface area contributed by atoms with E-state index in [0.717, 1.165) is 39.5 Å². The summed E-state index contributed by atoms with van der Waals surface area (Å²) in [7, 11) is 0. The molecule has 4 nitrogen and oxygen atoms in total. The first-order valence-electron chi connectivity index (χ1n) is 9.90. The Morgan fingerprint density at radius 1 is 0.656 bits per heavy atom. The van der Waals surface area contributed by atoms with E-state index in [1.807, 2.05) is 91.9 Å². The molecule has 0 unspecified atom stereocenters. The number of hydrogen-bond acceptors (Lipinski definition) is 4. The Kier molecular flexibility index (Phi) is 8.50. The number of hydrogen-bond donors (Lipinski definition) is 0. The largest absolute Gasteiger partial charge is 0.305 e. The topological polar surface area (TPSA) is 51.6 Å². The van der Waals surface area contributed by atoms with Crippen molar-refractivity contribution < 1.29 is 20.1 Å². The summed E-state index contributed by atoms with van der Waals surface area (Å²) in [5.74, 6) is 0. The molecular weight excluding hydrogens is 573 g/mol. The van der Waals surface area contributed by atoms with Gasteiger partial charge < -0.3 is 9.97 Å². The standard InChI is InChI=1S/C15H10N3.C12H10N.Ir/c1-2-4-12(5-3-1)15-10-13(6-9-17-15)14-7-8-16-11-18-14;1-10-6-5-9-12(13-10)11-7-3-2-4-8-11;/h1-4,6-11H;2-7,9H,1H3;/q2*-1;. The normalized spacial score (nSPS) is 9.78. The Morgan fingerprint density at radius 3 is 2.03 bits per heavy atom. The first-order chi connectivity index (χ1) is 15.3. The van der Waals surface area contributed by atoms with Crippen LogP contribution in [0.15, 0.2) is 104 Å². The molecule has 2 aromatic carbocycles. The Morgan fingerprint density at radius 2 is 1.41 bits per heavy atom. The van der Waals surface area contributed by atoms with Gasteiger partial charge in [-0.25, -0.2) is 9.97 Å². The van der Waals surface area contributed by atoms with Crippen molar-refractivity contribution in [2.24, 2.45) is 0 Å². The van der Waals surface area contributed by atoms with Crippen LogP contribution < -0.4 is 0 Å². The second-order valence-electron chi connectivity index (χ2n) is 6.74. The summed E-state index contributed by atoms with van der Waals surface area (Å²) >= 11 is 0. The van der Waals surface area contributed by atoms with Crippen LogP contribution in [-0.4, -0.2) is 19.9 Å². The minimum atomic E-state index is 0. The summed E-state index contributed by atoms with van der Waals surface area (Å²) in [6, 6.07) is 33.8. The van der Waals surface area contributed by atoms with E-state index in [4.69, 9.17) is 0 Å². The molecule has 5 rings (SSSR count). The molecule has 32 heavy (non-hydrogen) atoms. The predicted molar refractivity (Wildman–Crippen MR) is 123 cm³/mol. The third kappa shape index (κ3) is 6.24. The molecule has 0 bridgehead atoms. The number of nitrogens with zero attached hydrogens (tertiary/aromatic N) is 4. The molecule has 0 aliphatic rings. The van der Waals surface area contributed by atoms with E-state index < -0.39 is 0 Å². The van der Waals surface area contributed by atoms with Gasteiger partial charge in [-0.3, -0.25) is 0 Å². The zero-order valence-electron chi connectivity index (χ0n) is 17.4. The van der Waals surface area contributed by atoms with Crippen LogP contribution in [0.1, 0.15) is 5.69 Å². The fraction of sp³-hybridized carbons (Fsp3) is 0.0370. The van der Waals surface area contributed by atoms with Crippen LogP contribution in [0.4, 0.5) is 0 Å². The predicted octanol–water partition coefficient (Wildman–Crippen LogP) is 5.86. The number of aryl methyl sites for hydroxylation is 1. The average molecular weight is 593 g/mol. The first kappa shape index (κ1) is 23.1. The fourth-order valence-corrected chi connectivity index (χ4v) is 3.00. The minimum Gasteiger partial charge on any atom is -0.305 e. The quantitative estimate of drug-likeness (QED) is 0.246. The van der Waals surface area contributed by atoms with Gasteiger partial charge in [0.25, 0.3) is 0 Å². The van der Waals surface area contributed by atoms with Gasteiger partial charge in [-0.05, 0) is 42.1 Å². The number of aromatic nitrogens is 4. The number of rotatable bonds is 3. The molecule has 0 fully saturated rings. The molecule has 0 saturated heterocycles. The summed E-state index contributed by atoms with van der Waals surface area (Å²) < 4.78 is 0. The van der Waals surface area contributed by atoms with Gasteiger partial charge in [0.15, 0.2) is 0 Å². The molecule has 3 aromatic heterocycles. The Balaban J connectivity index is 0.000000184. The van der Waals surface area contributed by atoms with Crippen LogP contribution in [0, 0.1) is 19.1 Å². The van der Waals surface area contributed by atoms with Crippen molar-refractivity contribution in [3.63, 3.8) is 0 Å². The molecule has 1 radical (unpaired) electrons. The van der Waals surface area contributed by atoms with E-state index in [-0.39, 0.29) is 20.1 Å². The van der Waals surface area contributed by atoms with Gasteiger partial charge in [0.2, 0.25) is 0 Å². The molecule has 0 amide bonds. The summed E-state index contributed by atoms with van der Waals surface area (Å²) in [6.07, 6.45) is 5.06. The Labute approximate surface area is 201 Å². The van der Waals surface area contributed by atoms with Gasteiger partial charge in [0.05, 0.1) is 5.69 Å². The van der Waals surface area contributed by atoms with Crippen molar-refractivity contribution >= 4 is 0 Å². The maximum absolute atomic E-state index is 4.41. The van der Waals surface area contributed by atoms with Crippen LogP contribution in [0.25, 0.3) is 33.8 Å². The van der Waals surface area contributed by atoms with Gasteiger partial charge >= 0.3 is 0 Å². The SMILES string of the molecule is Cc1cccc(-c2[c-]cccc2)n1.[Ir].[c-]1ccccc1-c1cc(-c2ccncn2)ccn1. The molecule has 0 aliphatic heterocycles. The summed E-state index contributed by atoms with van der Waals surface area (Å²) in [5, 5.41) is 0. The second kappa shape index (κ2) is 11.8. The van der Waals surface area contributed by atoms with Gasteiger partial charge in [-0.1, -0.05) is 18.2 Å². The second-order valence-corrected chi connectivity index (χ2v) is 6.74. The van der Waals surface area contributed by atoms with Gasteiger partial charge in [-0.2, -0.15) is 0 Å². The number of pyridine rings is 2. The van der Waals surface area contributed by atoms with Crippen molar-refractivity contribution in [3.8, 4) is 33.8 Å². The molecule has 5 heteroatoms. The van der Waals surface area contributed by atoms with Gasteiger partial charge in [-0.15, -0.1) is 71.8 Å². The molecular formula is C27H20IrN4-2. The van der Waals surface area contributed by atoms with Gasteiger partial charge in [0.1, 0.15) is 6.33 Å². The van der Waals surface area contributed by atoms with Crippen LogP contribution in [0.3, 0.4) is 0 Å². The minimum absolute atomic E-state index is 0. The van der Waals surface area contributed by atoms with E-state index in [1.165, 1.54) is 0 Å². The molecule has 0 spiro atoms. The summed E-state index contributed by atoms with van der Waals surface area (Å²) in [6.45, 7) is 1.99. The third-order valence-corrected chi connectivity index (χ3v) is 4.50. The monoisotopic (exact) mass is 593 g/mol. The zero-order valence-corrected chi connectivity index (χ0v) is 19.8. The molecule has 0 N–H and O–H groups in total. The Hall–Kier alpha value is -3.53. The van der Waals surface area contributed by atoms with Crippen molar-refractivity contribution in [3.05, 3.63) is 121 Å². The first-order valence-corrected chi connectivity index (χ1v) is 9.90. The molecule has 159 valence electrons. The van der Waals surface area contributed by atoms with E-state index in [1.54, 1.807) is 18.7 Å². The maximum Gasteiger partial charge on any atom is 0.116 e. The van der Waals surface area contributed by atoms with E-state index in [2.05, 4.69) is 32.1 Å². The molecule has 0 saturated carbocycles. The van der Waals surface area contributed by atoms with E-state index >= 15 is 0 Å². The van der Waals surface area contributed by atoms with E-state index in [9.17, 15) is 0 Å². The average Bonchev–Trinajstić information content (AvgIpc) is 2.86. The van der Waals surface area contributed by atoms with Crippen molar-refractivity contribution in [2.75, 3.05) is 0 Å². The van der Waals surface area contributed by atoms with Crippen molar-refractivity contribution in [2.45, 2.75) is 6.92 Å². The van der Waals surface area contributed by atoms with E-state index in [0.29, 0.717) is 0 Å². The maximum atomic E-state index is 4.41. The summed E-state index contributed by atoms with van der Waals surface area (Å²) in [5.41, 5.74) is 6.87. The third-order valence-electron chi connectivity index (χ3n) is 4.50. The number of benzene rings is 2. The fourth-order valence-electron chi connectivity index (χ4n) is 3.00. The van der Waals surface area contributed by atoms with Crippen molar-refractivity contribution in [1.82, 2.24) is 19.9 Å². The van der Waals surface area contributed by atoms with Crippen LogP contribution in [-0.2, 0) is 20.1 Å². The van der Waals surface area contributed by atoms with Crippen LogP contribution in [0.2, 0.25) is 0 Å². The molecule has 3 heterocycles. The Bertz CT molecular complexity index is 1180. The van der Waals surface area contributed by atoms with Crippen LogP contribution >= 0.6 is 0 Å². The zero-order chi connectivity index (χ0) is 21.3. The van der Waals surface area contributed by atoms with Gasteiger partial charge in [0, 0.05) is 38.2 Å². The van der Waals surface area contributed by atoms with Crippen LogP contribution in [0.5, 0.6) is 0 Å².